The lowest BCUT2D eigenvalue weighted by molar-refractivity contribution is 0.171. The summed E-state index contributed by atoms with van der Waals surface area (Å²) in [4.78, 5) is 0. The molecule has 1 aromatic rings. The van der Waals surface area contributed by atoms with Crippen molar-refractivity contribution in [2.24, 2.45) is 0 Å². The number of ether oxygens (including phenoxy) is 2. The maximum absolute atomic E-state index is 6.01. The quantitative estimate of drug-likeness (QED) is 0.659. The van der Waals surface area contributed by atoms with Gasteiger partial charge in [0.15, 0.2) is 11.5 Å². The molecule has 0 amide bonds. The normalized spacial score (nSPS) is 12.9. The van der Waals surface area contributed by atoms with Gasteiger partial charge in [-0.25, -0.2) is 0 Å². The molecule has 0 atom stereocenters. The highest BCUT2D eigenvalue weighted by Gasteiger charge is 2.15. The number of aryl methyl sites for hydroxylation is 1. The fraction of sp³-hybridized carbons (Fsp3) is 0.455. The summed E-state index contributed by atoms with van der Waals surface area (Å²) >= 11 is 6.01. The Bertz CT molecular complexity index is 310. The third kappa shape index (κ3) is 2.13. The van der Waals surface area contributed by atoms with Gasteiger partial charge in [0.05, 0.1) is 5.02 Å². The van der Waals surface area contributed by atoms with Gasteiger partial charge in [0, 0.05) is 0 Å². The summed E-state index contributed by atoms with van der Waals surface area (Å²) in [5, 5.41) is 0.659. The first-order valence-corrected chi connectivity index (χ1v) is 5.21. The van der Waals surface area contributed by atoms with E-state index in [1.807, 2.05) is 32.9 Å². The molecule has 0 bridgehead atoms. The van der Waals surface area contributed by atoms with Crippen LogP contribution >= 0.6 is 11.6 Å². The Labute approximate surface area is 89.8 Å². The van der Waals surface area contributed by atoms with E-state index in [1.165, 1.54) is 0 Å². The molecule has 0 radical (unpaired) electrons. The fourth-order valence-electron chi connectivity index (χ4n) is 1.18. The molecule has 0 aromatic heterocycles. The molecule has 2 nitrogen and oxygen atoms in total. The van der Waals surface area contributed by atoms with Crippen LogP contribution in [-0.4, -0.2) is 13.2 Å². The van der Waals surface area contributed by atoms with Gasteiger partial charge in [-0.2, -0.15) is 0 Å². The first kappa shape index (κ1) is 11.2. The molecule has 78 valence electrons. The van der Waals surface area contributed by atoms with Crippen LogP contribution in [0.15, 0.2) is 12.1 Å². The summed E-state index contributed by atoms with van der Waals surface area (Å²) in [7, 11) is 0. The minimum atomic E-state index is 0.580. The largest absolute Gasteiger partial charge is 0.486 e. The molecule has 0 aliphatic carbocycles. The van der Waals surface area contributed by atoms with Crippen LogP contribution < -0.4 is 9.47 Å². The Balaban J connectivity index is 0.000000461. The third-order valence-electron chi connectivity index (χ3n) is 1.84. The molecule has 0 fully saturated rings. The molecular formula is C11H15ClO2. The highest BCUT2D eigenvalue weighted by atomic mass is 35.5. The highest BCUT2D eigenvalue weighted by Crippen LogP contribution is 2.38. The molecule has 2 rings (SSSR count). The lowest BCUT2D eigenvalue weighted by Crippen LogP contribution is -2.15. The first-order valence-electron chi connectivity index (χ1n) is 4.84. The number of rotatable bonds is 0. The smallest absolute Gasteiger partial charge is 0.180 e. The molecule has 1 heterocycles. The monoisotopic (exact) mass is 214 g/mol. The van der Waals surface area contributed by atoms with Gasteiger partial charge in [-0.1, -0.05) is 31.5 Å². The molecule has 3 heteroatoms. The topological polar surface area (TPSA) is 18.5 Å². The minimum absolute atomic E-state index is 0.580. The molecular weight excluding hydrogens is 200 g/mol. The fourth-order valence-corrected chi connectivity index (χ4v) is 1.39. The van der Waals surface area contributed by atoms with Crippen molar-refractivity contribution < 1.29 is 9.47 Å². The number of halogens is 1. The third-order valence-corrected chi connectivity index (χ3v) is 2.31. The average molecular weight is 215 g/mol. The Hall–Kier alpha value is -0.890. The number of benzene rings is 1. The van der Waals surface area contributed by atoms with Gasteiger partial charge < -0.3 is 9.47 Å². The van der Waals surface area contributed by atoms with Crippen molar-refractivity contribution in [3.63, 3.8) is 0 Å². The van der Waals surface area contributed by atoms with E-state index < -0.39 is 0 Å². The number of hydrogen-bond acceptors (Lipinski definition) is 2. The van der Waals surface area contributed by atoms with E-state index in [0.717, 1.165) is 11.3 Å². The van der Waals surface area contributed by atoms with Crippen molar-refractivity contribution in [3.05, 3.63) is 22.7 Å². The van der Waals surface area contributed by atoms with Crippen molar-refractivity contribution in [1.29, 1.82) is 0 Å². The van der Waals surface area contributed by atoms with Crippen molar-refractivity contribution in [1.82, 2.24) is 0 Å². The van der Waals surface area contributed by atoms with Crippen LogP contribution in [0.5, 0.6) is 11.5 Å². The standard InChI is InChI=1S/C9H9ClO2.C2H6/c1-6-2-3-7-9(8(6)10)12-5-4-11-7;1-2/h2-3H,4-5H2,1H3;1-2H3. The second-order valence-corrected chi connectivity index (χ2v) is 3.10. The van der Waals surface area contributed by atoms with Gasteiger partial charge in [0.1, 0.15) is 13.2 Å². The zero-order chi connectivity index (χ0) is 10.6. The average Bonchev–Trinajstić information content (AvgIpc) is 2.27. The van der Waals surface area contributed by atoms with Crippen LogP contribution in [0.1, 0.15) is 19.4 Å². The number of hydrogen-bond donors (Lipinski definition) is 0. The molecule has 0 N–H and O–H groups in total. The lowest BCUT2D eigenvalue weighted by Gasteiger charge is -2.19. The van der Waals surface area contributed by atoms with Crippen LogP contribution in [0.4, 0.5) is 0 Å². The Morgan fingerprint density at radius 2 is 1.79 bits per heavy atom. The molecule has 0 saturated carbocycles. The van der Waals surface area contributed by atoms with Gasteiger partial charge in [-0.05, 0) is 18.6 Å². The second kappa shape index (κ2) is 5.11. The van der Waals surface area contributed by atoms with E-state index in [-0.39, 0.29) is 0 Å². The Morgan fingerprint density at radius 3 is 2.50 bits per heavy atom. The SMILES string of the molecule is CC.Cc1ccc2c(c1Cl)OCCO2. The molecule has 0 unspecified atom stereocenters. The predicted octanol–water partition coefficient (Wildman–Crippen LogP) is 3.45. The second-order valence-electron chi connectivity index (χ2n) is 2.72. The number of fused-ring (bicyclic) bond motifs is 1. The zero-order valence-electron chi connectivity index (χ0n) is 8.76. The van der Waals surface area contributed by atoms with E-state index >= 15 is 0 Å². The van der Waals surface area contributed by atoms with Gasteiger partial charge in [0.2, 0.25) is 0 Å². The summed E-state index contributed by atoms with van der Waals surface area (Å²) in [6.07, 6.45) is 0. The zero-order valence-corrected chi connectivity index (χ0v) is 9.52. The summed E-state index contributed by atoms with van der Waals surface area (Å²) in [6, 6.07) is 3.81. The summed E-state index contributed by atoms with van der Waals surface area (Å²) in [6.45, 7) is 7.13. The summed E-state index contributed by atoms with van der Waals surface area (Å²) in [5.74, 6) is 1.43. The molecule has 1 aliphatic heterocycles. The van der Waals surface area contributed by atoms with Crippen LogP contribution in [-0.2, 0) is 0 Å². The van der Waals surface area contributed by atoms with E-state index in [0.29, 0.717) is 24.0 Å². The van der Waals surface area contributed by atoms with E-state index in [2.05, 4.69) is 0 Å². The van der Waals surface area contributed by atoms with Crippen molar-refractivity contribution >= 4 is 11.6 Å². The van der Waals surface area contributed by atoms with E-state index in [4.69, 9.17) is 21.1 Å². The van der Waals surface area contributed by atoms with Crippen LogP contribution in [0.25, 0.3) is 0 Å². The highest BCUT2D eigenvalue weighted by molar-refractivity contribution is 6.33. The van der Waals surface area contributed by atoms with Gasteiger partial charge in [-0.3, -0.25) is 0 Å². The van der Waals surface area contributed by atoms with Crippen LogP contribution in [0.2, 0.25) is 5.02 Å². The Kier molecular flexibility index (Phi) is 4.08. The maximum Gasteiger partial charge on any atom is 0.180 e. The van der Waals surface area contributed by atoms with Crippen LogP contribution in [0, 0.1) is 6.92 Å². The molecule has 1 aliphatic rings. The minimum Gasteiger partial charge on any atom is -0.486 e. The van der Waals surface area contributed by atoms with Gasteiger partial charge in [0.25, 0.3) is 0 Å². The lowest BCUT2D eigenvalue weighted by atomic mass is 10.2. The first-order chi connectivity index (χ1) is 6.79. The Morgan fingerprint density at radius 1 is 1.14 bits per heavy atom. The van der Waals surface area contributed by atoms with E-state index in [1.54, 1.807) is 0 Å². The molecule has 14 heavy (non-hydrogen) atoms. The predicted molar refractivity (Wildman–Crippen MR) is 58.5 cm³/mol. The van der Waals surface area contributed by atoms with Crippen molar-refractivity contribution in [2.75, 3.05) is 13.2 Å². The van der Waals surface area contributed by atoms with Crippen LogP contribution in [0.3, 0.4) is 0 Å². The molecule has 0 saturated heterocycles. The van der Waals surface area contributed by atoms with Gasteiger partial charge in [-0.15, -0.1) is 0 Å². The van der Waals surface area contributed by atoms with E-state index in [9.17, 15) is 0 Å². The van der Waals surface area contributed by atoms with Gasteiger partial charge >= 0.3 is 0 Å². The van der Waals surface area contributed by atoms with Crippen molar-refractivity contribution in [2.45, 2.75) is 20.8 Å². The summed E-state index contributed by atoms with van der Waals surface area (Å²) in [5.41, 5.74) is 1.01. The summed E-state index contributed by atoms with van der Waals surface area (Å²) < 4.78 is 10.7. The maximum atomic E-state index is 6.01. The van der Waals surface area contributed by atoms with Crippen molar-refractivity contribution in [3.8, 4) is 11.5 Å². The molecule has 1 aromatic carbocycles. The molecule has 0 spiro atoms.